The van der Waals surface area contributed by atoms with Crippen LogP contribution in [-0.4, -0.2) is 22.6 Å². The van der Waals surface area contributed by atoms with E-state index in [4.69, 9.17) is 9.47 Å². The van der Waals surface area contributed by atoms with Gasteiger partial charge < -0.3 is 9.47 Å². The zero-order chi connectivity index (χ0) is 25.0. The molecule has 0 spiro atoms. The number of hydrogen-bond acceptors (Lipinski definition) is 4. The summed E-state index contributed by atoms with van der Waals surface area (Å²) in [6.07, 6.45) is 0. The van der Waals surface area contributed by atoms with E-state index in [0.29, 0.717) is 10.7 Å². The summed E-state index contributed by atoms with van der Waals surface area (Å²) in [5, 5.41) is 1.33. The van der Waals surface area contributed by atoms with Gasteiger partial charge in [-0.15, -0.1) is 0 Å². The van der Waals surface area contributed by atoms with Gasteiger partial charge in [0.1, 0.15) is 11.5 Å². The molecule has 0 radical (unpaired) electrons. The van der Waals surface area contributed by atoms with Crippen molar-refractivity contribution in [2.45, 2.75) is 20.5 Å². The minimum Gasteiger partial charge on any atom is -0.496 e. The highest BCUT2D eigenvalue weighted by Crippen LogP contribution is 2.32. The molecule has 0 aliphatic heterocycles. The van der Waals surface area contributed by atoms with Gasteiger partial charge in [0.05, 0.1) is 24.0 Å². The lowest BCUT2D eigenvalue weighted by Crippen LogP contribution is -2.02. The minimum absolute atomic E-state index is 0.259. The van der Waals surface area contributed by atoms with E-state index in [1.54, 1.807) is 38.5 Å². The number of ether oxygens (including phenoxy) is 2. The van der Waals surface area contributed by atoms with Crippen molar-refractivity contribution >= 4 is 41.7 Å². The average molecular weight is 616 g/mol. The summed E-state index contributed by atoms with van der Waals surface area (Å²) in [7, 11) is -0.351. The van der Waals surface area contributed by atoms with Gasteiger partial charge in [-0.25, -0.2) is 8.42 Å². The van der Waals surface area contributed by atoms with Crippen molar-refractivity contribution in [2.75, 3.05) is 14.2 Å². The third-order valence-corrected chi connectivity index (χ3v) is 8.84. The first-order valence-electron chi connectivity index (χ1n) is 10.8. The van der Waals surface area contributed by atoms with Crippen molar-refractivity contribution < 1.29 is 17.9 Å². The Labute approximate surface area is 223 Å². The molecule has 4 rings (SSSR count). The van der Waals surface area contributed by atoms with Gasteiger partial charge in [0.25, 0.3) is 0 Å². The second kappa shape index (κ2) is 11.0. The fourth-order valence-corrected chi connectivity index (χ4v) is 6.05. The molecule has 35 heavy (non-hydrogen) atoms. The normalized spacial score (nSPS) is 11.3. The molecule has 0 saturated carbocycles. The minimum atomic E-state index is -3.64. The molecule has 0 aliphatic carbocycles. The zero-order valence-corrected chi connectivity index (χ0v) is 23.3. The molecule has 0 N–H and O–H groups in total. The quantitative estimate of drug-likeness (QED) is 0.191. The number of benzene rings is 4. The van der Waals surface area contributed by atoms with Gasteiger partial charge in [-0.3, -0.25) is 0 Å². The van der Waals surface area contributed by atoms with Gasteiger partial charge in [0, 0.05) is 21.8 Å². The summed E-state index contributed by atoms with van der Waals surface area (Å²) in [5.41, 5.74) is 5.92. The summed E-state index contributed by atoms with van der Waals surface area (Å²) in [4.78, 5) is 0.517. The molecule has 0 fully saturated rings. The standard InChI is InChI=1S/C28H24Br2O4S/c1-33-27-13-7-21(15-23(27)17-29)19-3-9-25(10-4-19)35(31,32)26-11-5-20(6-12-26)22-8-14-28(34-2)24(16-22)18-30/h3-16H,17-18H2,1-2H3. The van der Waals surface area contributed by atoms with E-state index in [1.165, 1.54) is 0 Å². The van der Waals surface area contributed by atoms with E-state index >= 15 is 0 Å². The van der Waals surface area contributed by atoms with Crippen LogP contribution in [0.3, 0.4) is 0 Å². The predicted molar refractivity (Wildman–Crippen MR) is 148 cm³/mol. The number of alkyl halides is 2. The number of methoxy groups -OCH3 is 2. The maximum Gasteiger partial charge on any atom is 0.206 e. The van der Waals surface area contributed by atoms with E-state index < -0.39 is 9.84 Å². The van der Waals surface area contributed by atoms with E-state index in [9.17, 15) is 8.42 Å². The van der Waals surface area contributed by atoms with Crippen molar-refractivity contribution in [3.05, 3.63) is 96.1 Å². The molecule has 4 nitrogen and oxygen atoms in total. The topological polar surface area (TPSA) is 52.6 Å². The van der Waals surface area contributed by atoms with Gasteiger partial charge >= 0.3 is 0 Å². The van der Waals surface area contributed by atoms with Crippen LogP contribution in [0.4, 0.5) is 0 Å². The zero-order valence-electron chi connectivity index (χ0n) is 19.3. The van der Waals surface area contributed by atoms with Crippen molar-refractivity contribution in [3.8, 4) is 33.8 Å². The van der Waals surface area contributed by atoms with Gasteiger partial charge in [0.15, 0.2) is 0 Å². The molecule has 0 amide bonds. The molecule has 0 unspecified atom stereocenters. The Balaban J connectivity index is 1.59. The van der Waals surface area contributed by atoms with Gasteiger partial charge in [0.2, 0.25) is 9.84 Å². The molecule has 0 aliphatic rings. The molecular weight excluding hydrogens is 592 g/mol. The van der Waals surface area contributed by atoms with Crippen LogP contribution in [0.2, 0.25) is 0 Å². The molecule has 4 aromatic rings. The predicted octanol–water partition coefficient (Wildman–Crippen LogP) is 7.66. The van der Waals surface area contributed by atoms with Gasteiger partial charge in [-0.2, -0.15) is 0 Å². The fraction of sp³-hybridized carbons (Fsp3) is 0.143. The molecular formula is C28H24Br2O4S. The molecule has 180 valence electrons. The number of hydrogen-bond donors (Lipinski definition) is 0. The van der Waals surface area contributed by atoms with E-state index in [2.05, 4.69) is 31.9 Å². The van der Waals surface area contributed by atoms with Gasteiger partial charge in [-0.05, 0) is 70.8 Å². The Bertz CT molecular complexity index is 1330. The van der Waals surface area contributed by atoms with Crippen LogP contribution in [-0.2, 0) is 20.5 Å². The molecule has 0 bridgehead atoms. The maximum absolute atomic E-state index is 13.3. The lowest BCUT2D eigenvalue weighted by molar-refractivity contribution is 0.411. The number of rotatable bonds is 8. The van der Waals surface area contributed by atoms with Crippen molar-refractivity contribution in [2.24, 2.45) is 0 Å². The van der Waals surface area contributed by atoms with E-state index in [1.807, 2.05) is 60.7 Å². The van der Waals surface area contributed by atoms with E-state index in [0.717, 1.165) is 44.9 Å². The van der Waals surface area contributed by atoms with Crippen LogP contribution >= 0.6 is 31.9 Å². The lowest BCUT2D eigenvalue weighted by atomic mass is 10.0. The van der Waals surface area contributed by atoms with Crippen LogP contribution < -0.4 is 9.47 Å². The van der Waals surface area contributed by atoms with Crippen molar-refractivity contribution in [1.82, 2.24) is 0 Å². The summed E-state index contributed by atoms with van der Waals surface area (Å²) < 4.78 is 37.3. The Morgan fingerprint density at radius 1 is 0.571 bits per heavy atom. The fourth-order valence-electron chi connectivity index (χ4n) is 3.91. The number of halogens is 2. The summed E-state index contributed by atoms with van der Waals surface area (Å²) >= 11 is 6.97. The molecule has 0 aromatic heterocycles. The average Bonchev–Trinajstić information content (AvgIpc) is 2.92. The molecule has 7 heteroatoms. The second-order valence-corrected chi connectivity index (χ2v) is 10.9. The second-order valence-electron chi connectivity index (χ2n) is 7.87. The van der Waals surface area contributed by atoms with Crippen LogP contribution in [0, 0.1) is 0 Å². The van der Waals surface area contributed by atoms with Gasteiger partial charge in [-0.1, -0.05) is 68.3 Å². The third kappa shape index (κ3) is 5.32. The first kappa shape index (κ1) is 25.5. The smallest absolute Gasteiger partial charge is 0.206 e. The first-order chi connectivity index (χ1) is 16.9. The van der Waals surface area contributed by atoms with Crippen LogP contribution in [0.15, 0.2) is 94.7 Å². The first-order valence-corrected chi connectivity index (χ1v) is 14.6. The molecule has 0 atom stereocenters. The molecule has 0 heterocycles. The highest BCUT2D eigenvalue weighted by Gasteiger charge is 2.18. The summed E-state index contributed by atoms with van der Waals surface area (Å²) in [5.74, 6) is 1.62. The van der Waals surface area contributed by atoms with Crippen LogP contribution in [0.25, 0.3) is 22.3 Å². The maximum atomic E-state index is 13.3. The monoisotopic (exact) mass is 614 g/mol. The summed E-state index contributed by atoms with van der Waals surface area (Å²) in [6, 6.07) is 25.8. The molecule has 4 aromatic carbocycles. The Morgan fingerprint density at radius 2 is 0.914 bits per heavy atom. The van der Waals surface area contributed by atoms with Crippen molar-refractivity contribution in [3.63, 3.8) is 0 Å². The SMILES string of the molecule is COc1ccc(-c2ccc(S(=O)(=O)c3ccc(-c4ccc(OC)c(CBr)c4)cc3)cc2)cc1CBr. The highest BCUT2D eigenvalue weighted by atomic mass is 79.9. The van der Waals surface area contributed by atoms with Crippen molar-refractivity contribution in [1.29, 1.82) is 0 Å². The van der Waals surface area contributed by atoms with E-state index in [-0.39, 0.29) is 9.79 Å². The highest BCUT2D eigenvalue weighted by molar-refractivity contribution is 9.08. The largest absolute Gasteiger partial charge is 0.496 e. The molecule has 0 saturated heterocycles. The number of sulfone groups is 1. The van der Waals surface area contributed by atoms with Crippen LogP contribution in [0.1, 0.15) is 11.1 Å². The van der Waals surface area contributed by atoms with Crippen LogP contribution in [0.5, 0.6) is 11.5 Å². The Morgan fingerprint density at radius 3 is 1.23 bits per heavy atom. The third-order valence-electron chi connectivity index (χ3n) is 5.84. The summed E-state index contributed by atoms with van der Waals surface area (Å²) in [6.45, 7) is 0. The Hall–Kier alpha value is -2.61. The lowest BCUT2D eigenvalue weighted by Gasteiger charge is -2.11. The Kier molecular flexibility index (Phi) is 7.99.